The zero-order valence-corrected chi connectivity index (χ0v) is 14.0. The number of aromatic nitrogens is 2. The SMILES string of the molecule is CCCc1nn(C)c(Oc2ccc(Br)cc2Br)c1N. The number of aryl methyl sites for hydroxylation is 2. The third kappa shape index (κ3) is 3.12. The molecular weight excluding hydrogens is 374 g/mol. The van der Waals surface area contributed by atoms with E-state index < -0.39 is 0 Å². The zero-order valence-electron chi connectivity index (χ0n) is 10.8. The summed E-state index contributed by atoms with van der Waals surface area (Å²) >= 11 is 6.87. The monoisotopic (exact) mass is 387 g/mol. The van der Waals surface area contributed by atoms with Crippen molar-refractivity contribution in [2.45, 2.75) is 19.8 Å². The first-order valence-electron chi connectivity index (χ1n) is 5.97. The van der Waals surface area contributed by atoms with E-state index in [2.05, 4.69) is 43.9 Å². The summed E-state index contributed by atoms with van der Waals surface area (Å²) in [5, 5.41) is 4.39. The van der Waals surface area contributed by atoms with E-state index in [1.165, 1.54) is 0 Å². The number of hydrogen-bond donors (Lipinski definition) is 1. The maximum absolute atomic E-state index is 6.09. The first kappa shape index (κ1) is 14.4. The molecule has 102 valence electrons. The molecule has 1 heterocycles. The molecule has 0 radical (unpaired) electrons. The Morgan fingerprint density at radius 3 is 2.74 bits per heavy atom. The highest BCUT2D eigenvalue weighted by atomic mass is 79.9. The first-order valence-corrected chi connectivity index (χ1v) is 7.55. The van der Waals surface area contributed by atoms with Crippen LogP contribution < -0.4 is 10.5 Å². The fourth-order valence-electron chi connectivity index (χ4n) is 1.78. The first-order chi connectivity index (χ1) is 9.02. The minimum absolute atomic E-state index is 0.575. The number of rotatable bonds is 4. The Morgan fingerprint density at radius 1 is 1.37 bits per heavy atom. The van der Waals surface area contributed by atoms with Crippen LogP contribution >= 0.6 is 31.9 Å². The van der Waals surface area contributed by atoms with Crippen molar-refractivity contribution in [2.75, 3.05) is 5.73 Å². The summed E-state index contributed by atoms with van der Waals surface area (Å²) in [5.74, 6) is 1.28. The normalized spacial score (nSPS) is 10.7. The molecular formula is C13H15Br2N3O. The van der Waals surface area contributed by atoms with Crippen LogP contribution in [-0.4, -0.2) is 9.78 Å². The van der Waals surface area contributed by atoms with E-state index >= 15 is 0 Å². The van der Waals surface area contributed by atoms with Crippen LogP contribution in [0.2, 0.25) is 0 Å². The smallest absolute Gasteiger partial charge is 0.241 e. The summed E-state index contributed by atoms with van der Waals surface area (Å²) in [4.78, 5) is 0. The number of nitrogens with zero attached hydrogens (tertiary/aromatic N) is 2. The van der Waals surface area contributed by atoms with Crippen LogP contribution in [0.25, 0.3) is 0 Å². The second-order valence-electron chi connectivity index (χ2n) is 4.22. The van der Waals surface area contributed by atoms with E-state index in [9.17, 15) is 0 Å². The molecule has 0 atom stereocenters. The summed E-state index contributed by atoms with van der Waals surface area (Å²) < 4.78 is 9.38. The van der Waals surface area contributed by atoms with Crippen molar-refractivity contribution in [3.05, 3.63) is 32.8 Å². The minimum atomic E-state index is 0.575. The highest BCUT2D eigenvalue weighted by Gasteiger charge is 2.15. The highest BCUT2D eigenvalue weighted by molar-refractivity contribution is 9.11. The van der Waals surface area contributed by atoms with Crippen LogP contribution in [0.4, 0.5) is 5.69 Å². The van der Waals surface area contributed by atoms with Crippen molar-refractivity contribution in [3.8, 4) is 11.6 Å². The second-order valence-corrected chi connectivity index (χ2v) is 5.99. The third-order valence-electron chi connectivity index (χ3n) is 2.69. The molecule has 2 rings (SSSR count). The molecule has 0 aliphatic heterocycles. The van der Waals surface area contributed by atoms with E-state index in [-0.39, 0.29) is 0 Å². The molecule has 0 aliphatic carbocycles. The van der Waals surface area contributed by atoms with Crippen LogP contribution in [-0.2, 0) is 13.5 Å². The number of halogens is 2. The van der Waals surface area contributed by atoms with Gasteiger partial charge >= 0.3 is 0 Å². The molecule has 0 bridgehead atoms. The average Bonchev–Trinajstić information content (AvgIpc) is 2.60. The molecule has 0 unspecified atom stereocenters. The van der Waals surface area contributed by atoms with Gasteiger partial charge in [-0.25, -0.2) is 4.68 Å². The lowest BCUT2D eigenvalue weighted by atomic mass is 10.2. The lowest BCUT2D eigenvalue weighted by Gasteiger charge is -2.08. The Morgan fingerprint density at radius 2 is 2.11 bits per heavy atom. The van der Waals surface area contributed by atoms with E-state index in [1.54, 1.807) is 4.68 Å². The molecule has 4 nitrogen and oxygen atoms in total. The van der Waals surface area contributed by atoms with Crippen molar-refractivity contribution in [3.63, 3.8) is 0 Å². The molecule has 1 aromatic carbocycles. The van der Waals surface area contributed by atoms with Crippen molar-refractivity contribution in [2.24, 2.45) is 7.05 Å². The van der Waals surface area contributed by atoms with E-state index in [0.717, 1.165) is 27.5 Å². The lowest BCUT2D eigenvalue weighted by molar-refractivity contribution is 0.430. The van der Waals surface area contributed by atoms with Gasteiger partial charge in [-0.05, 0) is 40.5 Å². The molecule has 19 heavy (non-hydrogen) atoms. The van der Waals surface area contributed by atoms with Crippen LogP contribution in [0.3, 0.4) is 0 Å². The van der Waals surface area contributed by atoms with Gasteiger partial charge in [0.2, 0.25) is 5.88 Å². The molecule has 0 saturated heterocycles. The molecule has 0 fully saturated rings. The number of anilines is 1. The van der Waals surface area contributed by atoms with Gasteiger partial charge in [0.15, 0.2) is 0 Å². The molecule has 0 amide bonds. The fraction of sp³-hybridized carbons (Fsp3) is 0.308. The van der Waals surface area contributed by atoms with E-state index in [4.69, 9.17) is 10.5 Å². The summed E-state index contributed by atoms with van der Waals surface area (Å²) in [6.07, 6.45) is 1.85. The Kier molecular flexibility index (Phi) is 4.52. The lowest BCUT2D eigenvalue weighted by Crippen LogP contribution is -1.97. The third-order valence-corrected chi connectivity index (χ3v) is 3.81. The fourth-order valence-corrected chi connectivity index (χ4v) is 2.91. The van der Waals surface area contributed by atoms with Crippen molar-refractivity contribution in [1.82, 2.24) is 9.78 Å². The number of hydrogen-bond acceptors (Lipinski definition) is 3. The molecule has 6 heteroatoms. The molecule has 2 N–H and O–H groups in total. The van der Waals surface area contributed by atoms with E-state index in [0.29, 0.717) is 17.3 Å². The van der Waals surface area contributed by atoms with Crippen LogP contribution in [0.5, 0.6) is 11.6 Å². The molecule has 0 saturated carbocycles. The van der Waals surface area contributed by atoms with Crippen LogP contribution in [0.1, 0.15) is 19.0 Å². The van der Waals surface area contributed by atoms with Crippen LogP contribution in [0, 0.1) is 0 Å². The highest BCUT2D eigenvalue weighted by Crippen LogP contribution is 2.35. The Balaban J connectivity index is 2.33. The molecule has 1 aromatic heterocycles. The predicted molar refractivity (Wildman–Crippen MR) is 83.5 cm³/mol. The van der Waals surface area contributed by atoms with Crippen molar-refractivity contribution in [1.29, 1.82) is 0 Å². The van der Waals surface area contributed by atoms with Gasteiger partial charge in [-0.15, -0.1) is 0 Å². The molecule has 2 aromatic rings. The zero-order chi connectivity index (χ0) is 14.0. The quantitative estimate of drug-likeness (QED) is 0.850. The van der Waals surface area contributed by atoms with Gasteiger partial charge in [0.25, 0.3) is 0 Å². The Bertz CT molecular complexity index is 596. The minimum Gasteiger partial charge on any atom is -0.436 e. The predicted octanol–water partition coefficient (Wildman–Crippen LogP) is 4.27. The molecule has 0 aliphatic rings. The van der Waals surface area contributed by atoms with Gasteiger partial charge in [0.1, 0.15) is 11.4 Å². The van der Waals surface area contributed by atoms with Crippen molar-refractivity contribution < 1.29 is 4.74 Å². The van der Waals surface area contributed by atoms with Crippen LogP contribution in [0.15, 0.2) is 27.1 Å². The number of nitrogen functional groups attached to an aromatic ring is 1. The average molecular weight is 389 g/mol. The number of nitrogens with two attached hydrogens (primary N) is 1. The second kappa shape index (κ2) is 5.96. The van der Waals surface area contributed by atoms with Gasteiger partial charge in [-0.1, -0.05) is 29.3 Å². The van der Waals surface area contributed by atoms with Gasteiger partial charge in [0, 0.05) is 11.5 Å². The van der Waals surface area contributed by atoms with Gasteiger partial charge in [-0.3, -0.25) is 0 Å². The van der Waals surface area contributed by atoms with Gasteiger partial charge in [0.05, 0.1) is 10.2 Å². The van der Waals surface area contributed by atoms with E-state index in [1.807, 2.05) is 25.2 Å². The summed E-state index contributed by atoms with van der Waals surface area (Å²) in [5.41, 5.74) is 7.58. The summed E-state index contributed by atoms with van der Waals surface area (Å²) in [7, 11) is 1.83. The maximum Gasteiger partial charge on any atom is 0.241 e. The standard InChI is InChI=1S/C13H15Br2N3O/c1-3-4-10-12(16)13(18(2)17-10)19-11-6-5-8(14)7-9(11)15/h5-7H,3-4,16H2,1-2H3. The van der Waals surface area contributed by atoms with Gasteiger partial charge < -0.3 is 10.5 Å². The largest absolute Gasteiger partial charge is 0.436 e. The van der Waals surface area contributed by atoms with Crippen molar-refractivity contribution >= 4 is 37.5 Å². The topological polar surface area (TPSA) is 53.1 Å². The number of ether oxygens (including phenoxy) is 1. The number of benzene rings is 1. The Labute approximate surface area is 129 Å². The van der Waals surface area contributed by atoms with Gasteiger partial charge in [-0.2, -0.15) is 5.10 Å². The molecule has 0 spiro atoms. The maximum atomic E-state index is 6.09. The Hall–Kier alpha value is -1.01. The summed E-state index contributed by atoms with van der Waals surface area (Å²) in [6.45, 7) is 2.10. The summed E-state index contributed by atoms with van der Waals surface area (Å²) in [6, 6.07) is 5.72.